The summed E-state index contributed by atoms with van der Waals surface area (Å²) in [4.78, 5) is 22.3. The molecule has 5 heteroatoms. The molecule has 0 saturated carbocycles. The Morgan fingerprint density at radius 2 is 1.36 bits per heavy atom. The normalized spacial score (nSPS) is 13.5. The number of allylic oxidation sites excluding steroid dienone is 9. The number of hydrogen-bond donors (Lipinski definition) is 2. The summed E-state index contributed by atoms with van der Waals surface area (Å²) in [6.07, 6.45) is 26.2. The van der Waals surface area contributed by atoms with E-state index in [0.29, 0.717) is 0 Å². The zero-order valence-corrected chi connectivity index (χ0v) is 16.8. The average Bonchev–Trinajstić information content (AvgIpc) is 2.69. The Balaban J connectivity index is 3.78. The summed E-state index contributed by atoms with van der Waals surface area (Å²) in [7, 11) is 0. The monoisotopic (exact) mass is 390 g/mol. The minimum absolute atomic E-state index is 0.789. The molecule has 0 rings (SSSR count). The number of unbranched alkanes of at least 4 members (excludes halogenated alkanes) is 7. The van der Waals surface area contributed by atoms with Crippen LogP contribution in [0.15, 0.2) is 60.8 Å². The van der Waals surface area contributed by atoms with Crippen molar-refractivity contribution in [3.05, 3.63) is 60.8 Å². The molecule has 0 fully saturated rings. The fourth-order valence-corrected chi connectivity index (χ4v) is 2.19. The number of carbonyl (C=O) groups is 2. The zero-order chi connectivity index (χ0) is 20.9. The van der Waals surface area contributed by atoms with E-state index in [-0.39, 0.29) is 0 Å². The number of carbonyl (C=O) groups excluding carboxylic acids is 2. The van der Waals surface area contributed by atoms with Crippen LogP contribution in [0, 0.1) is 0 Å². The van der Waals surface area contributed by atoms with E-state index in [1.165, 1.54) is 51.0 Å². The predicted octanol–water partition coefficient (Wildman–Crippen LogP) is 4.33. The molecule has 156 valence electrons. The van der Waals surface area contributed by atoms with Gasteiger partial charge in [0.25, 0.3) is 0 Å². The summed E-state index contributed by atoms with van der Waals surface area (Å²) in [5, 5.41) is 17.5. The van der Waals surface area contributed by atoms with Crippen molar-refractivity contribution in [1.29, 1.82) is 0 Å². The maximum atomic E-state index is 11.2. The highest BCUT2D eigenvalue weighted by Crippen LogP contribution is 2.08. The van der Waals surface area contributed by atoms with Gasteiger partial charge in [-0.1, -0.05) is 100 Å². The third kappa shape index (κ3) is 17.2. The van der Waals surface area contributed by atoms with E-state index < -0.39 is 24.6 Å². The quantitative estimate of drug-likeness (QED) is 0.143. The van der Waals surface area contributed by atoms with Crippen molar-refractivity contribution in [1.82, 2.24) is 0 Å². The highest BCUT2D eigenvalue weighted by Gasteiger charge is 2.17. The molecule has 0 aromatic heterocycles. The van der Waals surface area contributed by atoms with E-state index in [0.717, 1.165) is 12.5 Å². The minimum atomic E-state index is -1.70. The molecular weight excluding hydrogens is 356 g/mol. The molecule has 0 aliphatic carbocycles. The Morgan fingerprint density at radius 1 is 0.821 bits per heavy atom. The molecule has 0 aliphatic rings. The zero-order valence-electron chi connectivity index (χ0n) is 16.8. The van der Waals surface area contributed by atoms with Gasteiger partial charge in [-0.3, -0.25) is 0 Å². The molecule has 0 radical (unpaired) electrons. The number of aliphatic hydroxyl groups is 2. The number of ether oxygens (including phenoxy) is 1. The Hall–Kier alpha value is -2.24. The van der Waals surface area contributed by atoms with Crippen LogP contribution in [0.25, 0.3) is 0 Å². The summed E-state index contributed by atoms with van der Waals surface area (Å²) >= 11 is 0. The Bertz CT molecular complexity index is 555. The summed E-state index contributed by atoms with van der Waals surface area (Å²) in [5.41, 5.74) is 0. The molecule has 0 spiro atoms. The van der Waals surface area contributed by atoms with Gasteiger partial charge in [-0.15, -0.1) is 0 Å². The fraction of sp³-hybridized carbons (Fsp3) is 0.478. The second-order valence-electron chi connectivity index (χ2n) is 6.29. The molecule has 0 amide bonds. The first-order chi connectivity index (χ1) is 13.6. The van der Waals surface area contributed by atoms with E-state index in [9.17, 15) is 9.59 Å². The molecule has 2 N–H and O–H groups in total. The van der Waals surface area contributed by atoms with E-state index >= 15 is 0 Å². The maximum Gasteiger partial charge on any atom is 0.345 e. The van der Waals surface area contributed by atoms with Crippen LogP contribution in [0.5, 0.6) is 0 Å². The predicted molar refractivity (Wildman–Crippen MR) is 113 cm³/mol. The van der Waals surface area contributed by atoms with Crippen LogP contribution < -0.4 is 0 Å². The third-order valence-electron chi connectivity index (χ3n) is 3.77. The number of aliphatic hydroxyl groups excluding tert-OH is 2. The first-order valence-electron chi connectivity index (χ1n) is 9.99. The van der Waals surface area contributed by atoms with Gasteiger partial charge in [0.1, 0.15) is 0 Å². The van der Waals surface area contributed by atoms with Crippen molar-refractivity contribution in [2.45, 2.75) is 64.4 Å². The smallest absolute Gasteiger partial charge is 0.345 e. The first kappa shape index (κ1) is 25.8. The van der Waals surface area contributed by atoms with E-state index in [2.05, 4.69) is 17.7 Å². The van der Waals surface area contributed by atoms with Crippen molar-refractivity contribution in [3.8, 4) is 0 Å². The van der Waals surface area contributed by atoms with Crippen LogP contribution >= 0.6 is 0 Å². The fourth-order valence-electron chi connectivity index (χ4n) is 2.19. The molecular formula is C23H34O5. The Kier molecular flexibility index (Phi) is 18.0. The summed E-state index contributed by atoms with van der Waals surface area (Å²) < 4.78 is 4.29. The number of esters is 2. The lowest BCUT2D eigenvalue weighted by molar-refractivity contribution is -0.164. The highest BCUT2D eigenvalue weighted by molar-refractivity contribution is 5.93. The van der Waals surface area contributed by atoms with Gasteiger partial charge in [-0.25, -0.2) is 9.59 Å². The molecule has 0 aromatic rings. The van der Waals surface area contributed by atoms with Gasteiger partial charge in [-0.2, -0.15) is 0 Å². The van der Waals surface area contributed by atoms with Gasteiger partial charge in [-0.05, 0) is 12.8 Å². The van der Waals surface area contributed by atoms with E-state index in [1.54, 1.807) is 18.2 Å². The summed E-state index contributed by atoms with van der Waals surface area (Å²) in [6.45, 7) is 1.45. The van der Waals surface area contributed by atoms with Gasteiger partial charge in [0, 0.05) is 6.08 Å². The highest BCUT2D eigenvalue weighted by atomic mass is 16.6. The molecule has 1 atom stereocenters. The average molecular weight is 391 g/mol. The lowest BCUT2D eigenvalue weighted by Crippen LogP contribution is -2.28. The largest absolute Gasteiger partial charge is 0.393 e. The van der Waals surface area contributed by atoms with Gasteiger partial charge in [0.05, 0.1) is 6.61 Å². The standard InChI is InChI=1S/C23H34O5/c1-2-3-4-5-6-7-8-9-10-11-12-13-14-15-16-17-18-19-22(26)28-23(27)21(25)20-24/h10-19,21,24-25H,2-9,20H2,1H3. The van der Waals surface area contributed by atoms with Crippen LogP contribution in [0.2, 0.25) is 0 Å². The molecule has 5 nitrogen and oxygen atoms in total. The van der Waals surface area contributed by atoms with Crippen molar-refractivity contribution in [2.75, 3.05) is 6.61 Å². The van der Waals surface area contributed by atoms with Gasteiger partial charge in [0.2, 0.25) is 0 Å². The van der Waals surface area contributed by atoms with Crippen LogP contribution in [0.1, 0.15) is 58.3 Å². The van der Waals surface area contributed by atoms with Crippen molar-refractivity contribution in [3.63, 3.8) is 0 Å². The van der Waals surface area contributed by atoms with Crippen molar-refractivity contribution in [2.24, 2.45) is 0 Å². The van der Waals surface area contributed by atoms with Crippen LogP contribution in [0.3, 0.4) is 0 Å². The molecule has 0 saturated heterocycles. The maximum absolute atomic E-state index is 11.2. The number of hydrogen-bond acceptors (Lipinski definition) is 5. The van der Waals surface area contributed by atoms with Crippen molar-refractivity contribution >= 4 is 11.9 Å². The van der Waals surface area contributed by atoms with Crippen LogP contribution in [0.4, 0.5) is 0 Å². The summed E-state index contributed by atoms with van der Waals surface area (Å²) in [6, 6.07) is 0. The Labute approximate surface area is 168 Å². The van der Waals surface area contributed by atoms with Crippen molar-refractivity contribution < 1.29 is 24.5 Å². The van der Waals surface area contributed by atoms with Gasteiger partial charge < -0.3 is 14.9 Å². The topological polar surface area (TPSA) is 83.8 Å². The second kappa shape index (κ2) is 19.5. The Morgan fingerprint density at radius 3 is 1.96 bits per heavy atom. The van der Waals surface area contributed by atoms with Crippen LogP contribution in [-0.2, 0) is 14.3 Å². The SMILES string of the molecule is CCCCCCCCCC=CC=CC=CC=CC=CC(=O)OC(=O)C(O)CO. The molecule has 0 aromatic carbocycles. The lowest BCUT2D eigenvalue weighted by atomic mass is 10.1. The third-order valence-corrected chi connectivity index (χ3v) is 3.77. The second-order valence-corrected chi connectivity index (χ2v) is 6.29. The number of rotatable bonds is 15. The van der Waals surface area contributed by atoms with E-state index in [1.807, 2.05) is 24.3 Å². The molecule has 0 heterocycles. The molecule has 28 heavy (non-hydrogen) atoms. The van der Waals surface area contributed by atoms with Gasteiger partial charge >= 0.3 is 11.9 Å². The minimum Gasteiger partial charge on any atom is -0.393 e. The lowest BCUT2D eigenvalue weighted by Gasteiger charge is -2.03. The molecule has 1 unspecified atom stereocenters. The van der Waals surface area contributed by atoms with Crippen LogP contribution in [-0.4, -0.2) is 34.9 Å². The molecule has 0 bridgehead atoms. The van der Waals surface area contributed by atoms with E-state index in [4.69, 9.17) is 10.2 Å². The summed E-state index contributed by atoms with van der Waals surface area (Å²) in [5.74, 6) is -2.08. The first-order valence-corrected chi connectivity index (χ1v) is 9.99. The molecule has 0 aliphatic heterocycles. The van der Waals surface area contributed by atoms with Gasteiger partial charge in [0.15, 0.2) is 6.10 Å².